The van der Waals surface area contributed by atoms with Crippen LogP contribution in [0.1, 0.15) is 70.6 Å². The van der Waals surface area contributed by atoms with E-state index in [4.69, 9.17) is 30.6 Å². The lowest BCUT2D eigenvalue weighted by Crippen LogP contribution is -2.36. The van der Waals surface area contributed by atoms with Crippen molar-refractivity contribution >= 4 is 26.1 Å². The van der Waals surface area contributed by atoms with Gasteiger partial charge in [0.1, 0.15) is 0 Å². The van der Waals surface area contributed by atoms with Crippen LogP contribution in [-0.4, -0.2) is 35.4 Å². The average molecular weight is 595 g/mol. The Kier molecular flexibility index (Phi) is 12.8. The summed E-state index contributed by atoms with van der Waals surface area (Å²) in [6.07, 6.45) is 0.582. The molecule has 0 spiro atoms. The molecule has 0 aromatic heterocycles. The zero-order valence-electron chi connectivity index (χ0n) is 24.5. The van der Waals surface area contributed by atoms with E-state index in [1.54, 1.807) is 0 Å². The van der Waals surface area contributed by atoms with Crippen LogP contribution < -0.4 is 0 Å². The molecule has 0 radical (unpaired) electrons. The zero-order valence-corrected chi connectivity index (χ0v) is 26.1. The number of ether oxygens (including phenoxy) is 1. The van der Waals surface area contributed by atoms with Gasteiger partial charge in [-0.15, -0.1) is 0 Å². The van der Waals surface area contributed by atoms with Crippen LogP contribution in [0.25, 0.3) is 0 Å². The second-order valence-corrected chi connectivity index (χ2v) is 12.2. The Morgan fingerprint density at radius 3 is 1.95 bits per heavy atom. The molecule has 0 saturated heterocycles. The molecule has 0 aliphatic heterocycles. The fourth-order valence-electron chi connectivity index (χ4n) is 4.79. The van der Waals surface area contributed by atoms with Gasteiger partial charge in [-0.05, 0) is 47.1 Å². The minimum atomic E-state index is -1.41. The summed E-state index contributed by atoms with van der Waals surface area (Å²) in [6.45, 7) is 10.6. The SMILES string of the molecule is CC(CCC(=O)OC(c1ccccc1)(c1ccccc1)c1ccccc1Cl)OP(OCCC#N)N(C(C)C)C(C)C. The maximum Gasteiger partial charge on any atom is 0.307 e. The highest BCUT2D eigenvalue weighted by molar-refractivity contribution is 7.44. The van der Waals surface area contributed by atoms with Crippen LogP contribution in [-0.2, 0) is 24.2 Å². The summed E-state index contributed by atoms with van der Waals surface area (Å²) in [6, 6.07) is 29.4. The number of benzene rings is 3. The van der Waals surface area contributed by atoms with E-state index in [2.05, 4.69) is 38.4 Å². The zero-order chi connectivity index (χ0) is 29.8. The molecule has 0 amide bonds. The Hall–Kier alpha value is -2.78. The Labute approximate surface area is 251 Å². The average Bonchev–Trinajstić information content (AvgIpc) is 2.96. The molecule has 3 aromatic carbocycles. The second kappa shape index (κ2) is 16.0. The summed E-state index contributed by atoms with van der Waals surface area (Å²) in [5.74, 6) is -0.368. The first kappa shape index (κ1) is 32.7. The Morgan fingerprint density at radius 2 is 1.44 bits per heavy atom. The first-order valence-corrected chi connectivity index (χ1v) is 15.5. The molecule has 3 rings (SSSR count). The summed E-state index contributed by atoms with van der Waals surface area (Å²) in [7, 11) is -1.41. The van der Waals surface area contributed by atoms with Crippen molar-refractivity contribution in [1.82, 2.24) is 4.67 Å². The molecule has 0 N–H and O–H groups in total. The number of nitrogens with zero attached hydrogens (tertiary/aromatic N) is 2. The third-order valence-corrected chi connectivity index (χ3v) is 9.14. The van der Waals surface area contributed by atoms with Crippen LogP contribution in [0.15, 0.2) is 84.9 Å². The normalized spacial score (nSPS) is 13.3. The van der Waals surface area contributed by atoms with E-state index < -0.39 is 14.1 Å². The third-order valence-electron chi connectivity index (χ3n) is 6.57. The number of nitriles is 1. The molecule has 0 bridgehead atoms. The fraction of sp³-hybridized carbons (Fsp3) is 0.394. The Balaban J connectivity index is 1.86. The molecule has 2 atom stereocenters. The monoisotopic (exact) mass is 594 g/mol. The molecule has 3 aromatic rings. The van der Waals surface area contributed by atoms with Crippen LogP contribution in [0.4, 0.5) is 0 Å². The van der Waals surface area contributed by atoms with E-state index in [-0.39, 0.29) is 37.0 Å². The van der Waals surface area contributed by atoms with Crippen molar-refractivity contribution in [3.8, 4) is 6.07 Å². The molecule has 0 aliphatic rings. The van der Waals surface area contributed by atoms with Gasteiger partial charge in [-0.25, -0.2) is 4.67 Å². The molecule has 6 nitrogen and oxygen atoms in total. The van der Waals surface area contributed by atoms with E-state index in [0.29, 0.717) is 23.6 Å². The minimum Gasteiger partial charge on any atom is -0.444 e. The van der Waals surface area contributed by atoms with Crippen LogP contribution in [0.2, 0.25) is 5.02 Å². The lowest BCUT2D eigenvalue weighted by molar-refractivity contribution is -0.154. The van der Waals surface area contributed by atoms with Crippen molar-refractivity contribution in [2.24, 2.45) is 0 Å². The van der Waals surface area contributed by atoms with Gasteiger partial charge in [0, 0.05) is 40.2 Å². The molecule has 41 heavy (non-hydrogen) atoms. The molecule has 0 saturated carbocycles. The Morgan fingerprint density at radius 1 is 0.902 bits per heavy atom. The maximum atomic E-state index is 13.6. The minimum absolute atomic E-state index is 0.137. The van der Waals surface area contributed by atoms with Gasteiger partial charge in [-0.1, -0.05) is 90.5 Å². The number of hydrogen-bond acceptors (Lipinski definition) is 6. The number of esters is 1. The third kappa shape index (κ3) is 8.61. The quantitative estimate of drug-likeness (QED) is 0.0759. The highest BCUT2D eigenvalue weighted by Crippen LogP contribution is 2.48. The van der Waals surface area contributed by atoms with Gasteiger partial charge in [-0.2, -0.15) is 5.26 Å². The number of carbonyl (C=O) groups is 1. The lowest BCUT2D eigenvalue weighted by Gasteiger charge is -2.37. The molecular weight excluding hydrogens is 555 g/mol. The van der Waals surface area contributed by atoms with E-state index in [1.807, 2.05) is 91.9 Å². The van der Waals surface area contributed by atoms with E-state index in [9.17, 15) is 4.79 Å². The van der Waals surface area contributed by atoms with Crippen molar-refractivity contribution in [1.29, 1.82) is 5.26 Å². The van der Waals surface area contributed by atoms with Gasteiger partial charge in [-0.3, -0.25) is 4.79 Å². The standard InChI is InChI=1S/C33H40ClN2O4P/c1-25(2)36(26(3)4)41(38-24-14-23-35)40-27(5)21-22-32(37)39-33(28-15-8-6-9-16-28,29-17-10-7-11-18-29)30-19-12-13-20-31(30)34/h6-13,15-20,25-27H,14,21-22,24H2,1-5H3. The van der Waals surface area contributed by atoms with Gasteiger partial charge >= 0.3 is 5.97 Å². The summed E-state index contributed by atoms with van der Waals surface area (Å²) in [4.78, 5) is 13.6. The highest BCUT2D eigenvalue weighted by Gasteiger charge is 2.42. The van der Waals surface area contributed by atoms with Crippen molar-refractivity contribution in [2.45, 2.75) is 77.7 Å². The van der Waals surface area contributed by atoms with Crippen LogP contribution in [0.3, 0.4) is 0 Å². The highest BCUT2D eigenvalue weighted by atomic mass is 35.5. The maximum absolute atomic E-state index is 13.6. The molecule has 0 heterocycles. The molecular formula is C33H40ClN2O4P. The van der Waals surface area contributed by atoms with Crippen molar-refractivity contribution < 1.29 is 18.6 Å². The predicted octanol–water partition coefficient (Wildman–Crippen LogP) is 8.64. The first-order valence-electron chi connectivity index (χ1n) is 14.0. The fourth-order valence-corrected chi connectivity index (χ4v) is 6.77. The van der Waals surface area contributed by atoms with Crippen LogP contribution in [0, 0.1) is 11.3 Å². The molecule has 0 fully saturated rings. The number of carbonyl (C=O) groups excluding carboxylic acids is 1. The van der Waals surface area contributed by atoms with E-state index in [1.165, 1.54) is 0 Å². The number of halogens is 1. The second-order valence-electron chi connectivity index (χ2n) is 10.4. The van der Waals surface area contributed by atoms with Gasteiger partial charge in [0.25, 0.3) is 8.53 Å². The van der Waals surface area contributed by atoms with Crippen LogP contribution >= 0.6 is 20.1 Å². The lowest BCUT2D eigenvalue weighted by atomic mass is 9.80. The summed E-state index contributed by atoms with van der Waals surface area (Å²) < 4.78 is 21.1. The number of rotatable bonds is 15. The topological polar surface area (TPSA) is 71.8 Å². The van der Waals surface area contributed by atoms with Gasteiger partial charge in [0.05, 0.1) is 25.2 Å². The van der Waals surface area contributed by atoms with Gasteiger partial charge < -0.3 is 13.8 Å². The van der Waals surface area contributed by atoms with Gasteiger partial charge in [0.15, 0.2) is 5.60 Å². The Bertz CT molecular complexity index is 1220. The number of hydrogen-bond donors (Lipinski definition) is 0. The van der Waals surface area contributed by atoms with Gasteiger partial charge in [0.2, 0.25) is 0 Å². The largest absolute Gasteiger partial charge is 0.444 e. The summed E-state index contributed by atoms with van der Waals surface area (Å²) in [5.41, 5.74) is 1.06. The van der Waals surface area contributed by atoms with E-state index >= 15 is 0 Å². The molecule has 0 aliphatic carbocycles. The van der Waals surface area contributed by atoms with E-state index in [0.717, 1.165) is 11.1 Å². The van der Waals surface area contributed by atoms with Crippen molar-refractivity contribution in [3.05, 3.63) is 107 Å². The van der Waals surface area contributed by atoms with Crippen molar-refractivity contribution in [2.75, 3.05) is 6.61 Å². The summed E-state index contributed by atoms with van der Waals surface area (Å²) >= 11 is 6.76. The van der Waals surface area contributed by atoms with Crippen molar-refractivity contribution in [3.63, 3.8) is 0 Å². The first-order chi connectivity index (χ1) is 19.7. The molecule has 218 valence electrons. The smallest absolute Gasteiger partial charge is 0.307 e. The van der Waals surface area contributed by atoms with Crippen LogP contribution in [0.5, 0.6) is 0 Å². The predicted molar refractivity (Wildman–Crippen MR) is 165 cm³/mol. The molecule has 8 heteroatoms. The summed E-state index contributed by atoms with van der Waals surface area (Å²) in [5, 5.41) is 9.49. The molecule has 2 unspecified atom stereocenters.